The average molecular weight is 509 g/mol. The van der Waals surface area contributed by atoms with Gasteiger partial charge in [0.05, 0.1) is 6.54 Å². The molecule has 8 heteroatoms. The smallest absolute Gasteiger partial charge is 0.193 e. The van der Waals surface area contributed by atoms with Crippen molar-refractivity contribution in [2.45, 2.75) is 39.0 Å². The molecule has 27 heavy (non-hydrogen) atoms. The summed E-state index contributed by atoms with van der Waals surface area (Å²) in [7, 11) is 1.10. The van der Waals surface area contributed by atoms with Gasteiger partial charge in [0, 0.05) is 41.4 Å². The number of aliphatic imine (C=N–C) groups is 1. The first-order chi connectivity index (χ1) is 12.3. The molecule has 1 aliphatic heterocycles. The Morgan fingerprint density at radius 3 is 2.56 bits per heavy atom. The largest absolute Gasteiger partial charge is 0.486 e. The van der Waals surface area contributed by atoms with Gasteiger partial charge in [-0.05, 0) is 45.4 Å². The molecular formula is C19H32IN3O3S. The predicted molar refractivity (Wildman–Crippen MR) is 123 cm³/mol. The highest BCUT2D eigenvalue weighted by atomic mass is 127. The van der Waals surface area contributed by atoms with Gasteiger partial charge in [-0.25, -0.2) is 0 Å². The molecule has 0 radical (unpaired) electrons. The fourth-order valence-electron chi connectivity index (χ4n) is 2.55. The molecule has 0 aromatic heterocycles. The topological polar surface area (TPSA) is 63.2 Å². The van der Waals surface area contributed by atoms with Crippen LogP contribution in [0.15, 0.2) is 23.2 Å². The van der Waals surface area contributed by atoms with E-state index in [0.717, 1.165) is 29.6 Å². The number of ether oxygens (including phenoxy) is 2. The summed E-state index contributed by atoms with van der Waals surface area (Å²) in [5.74, 6) is 2.97. The van der Waals surface area contributed by atoms with Crippen LogP contribution in [-0.4, -0.2) is 58.9 Å². The second-order valence-electron chi connectivity index (χ2n) is 7.23. The lowest BCUT2D eigenvalue weighted by atomic mass is 10.2. The maximum absolute atomic E-state index is 12.2. The number of hydrogen-bond acceptors (Lipinski definition) is 4. The quantitative estimate of drug-likeness (QED) is 0.363. The fourth-order valence-corrected chi connectivity index (χ4v) is 3.41. The fraction of sp³-hybridized carbons (Fsp3) is 0.632. The van der Waals surface area contributed by atoms with Crippen LogP contribution in [0.4, 0.5) is 0 Å². The number of guanidine groups is 1. The molecule has 0 saturated heterocycles. The van der Waals surface area contributed by atoms with Gasteiger partial charge < -0.3 is 19.7 Å². The van der Waals surface area contributed by atoms with E-state index >= 15 is 0 Å². The maximum Gasteiger partial charge on any atom is 0.193 e. The molecule has 1 heterocycles. The van der Waals surface area contributed by atoms with Crippen molar-refractivity contribution >= 4 is 40.7 Å². The van der Waals surface area contributed by atoms with Gasteiger partial charge in [0.1, 0.15) is 13.2 Å². The molecule has 0 spiro atoms. The van der Waals surface area contributed by atoms with Gasteiger partial charge >= 0.3 is 0 Å². The Hall–Kier alpha value is -1.03. The first-order valence-corrected chi connectivity index (χ1v) is 10.4. The molecule has 0 fully saturated rings. The van der Waals surface area contributed by atoms with Crippen LogP contribution >= 0.6 is 24.0 Å². The standard InChI is InChI=1S/C19H31N3O3S.HI/c1-6-20-18(21-9-12-26(23)19(2,3)4)22(5)14-15-7-8-16-17(13-15)25-11-10-24-16;/h7-8,13H,6,9-12,14H2,1-5H3,(H,20,21);1H. The van der Waals surface area contributed by atoms with Crippen LogP contribution in [0, 0.1) is 0 Å². The molecule has 1 atom stereocenters. The van der Waals surface area contributed by atoms with E-state index in [1.54, 1.807) is 0 Å². The van der Waals surface area contributed by atoms with Crippen LogP contribution in [0.1, 0.15) is 33.3 Å². The number of fused-ring (bicyclic) bond motifs is 1. The van der Waals surface area contributed by atoms with Crippen molar-refractivity contribution in [2.75, 3.05) is 39.1 Å². The second-order valence-corrected chi connectivity index (χ2v) is 9.56. The van der Waals surface area contributed by atoms with Crippen LogP contribution in [0.25, 0.3) is 0 Å². The minimum Gasteiger partial charge on any atom is -0.486 e. The summed E-state index contributed by atoms with van der Waals surface area (Å²) in [5, 5.41) is 3.30. The van der Waals surface area contributed by atoms with Gasteiger partial charge in [-0.1, -0.05) is 6.07 Å². The highest BCUT2D eigenvalue weighted by Gasteiger charge is 2.19. The normalized spacial score (nSPS) is 14.9. The molecule has 154 valence electrons. The van der Waals surface area contributed by atoms with Gasteiger partial charge in [-0.2, -0.15) is 0 Å². The SMILES string of the molecule is CCNC(=NCCS(=O)C(C)(C)C)N(C)Cc1ccc2c(c1)OCCO2.I. The molecular weight excluding hydrogens is 477 g/mol. The Bertz CT molecular complexity index is 662. The minimum atomic E-state index is -0.894. The van der Waals surface area contributed by atoms with E-state index in [1.807, 2.05) is 52.9 Å². The van der Waals surface area contributed by atoms with Crippen LogP contribution < -0.4 is 14.8 Å². The van der Waals surface area contributed by atoms with E-state index in [2.05, 4.69) is 15.2 Å². The summed E-state index contributed by atoms with van der Waals surface area (Å²) < 4.78 is 23.2. The molecule has 0 bridgehead atoms. The summed E-state index contributed by atoms with van der Waals surface area (Å²) in [6.07, 6.45) is 0. The average Bonchev–Trinajstić information content (AvgIpc) is 2.59. The number of benzene rings is 1. The third-order valence-corrected chi connectivity index (χ3v) is 5.86. The summed E-state index contributed by atoms with van der Waals surface area (Å²) in [6.45, 7) is 11.2. The number of nitrogens with one attached hydrogen (secondary N) is 1. The van der Waals surface area contributed by atoms with Gasteiger partial charge in [-0.3, -0.25) is 9.20 Å². The Kier molecular flexibility index (Phi) is 9.86. The zero-order valence-electron chi connectivity index (χ0n) is 16.9. The Morgan fingerprint density at radius 2 is 1.93 bits per heavy atom. The lowest BCUT2D eigenvalue weighted by Gasteiger charge is -2.24. The highest BCUT2D eigenvalue weighted by molar-refractivity contribution is 14.0. The van der Waals surface area contributed by atoms with Crippen LogP contribution in [0.5, 0.6) is 11.5 Å². The monoisotopic (exact) mass is 509 g/mol. The number of nitrogens with zero attached hydrogens (tertiary/aromatic N) is 2. The molecule has 0 amide bonds. The third-order valence-electron chi connectivity index (χ3n) is 3.94. The predicted octanol–water partition coefficient (Wildman–Crippen LogP) is 3.02. The Morgan fingerprint density at radius 1 is 1.26 bits per heavy atom. The Labute approximate surface area is 182 Å². The molecule has 1 aromatic carbocycles. The molecule has 6 nitrogen and oxygen atoms in total. The first-order valence-electron chi connectivity index (χ1n) is 9.07. The lowest BCUT2D eigenvalue weighted by Crippen LogP contribution is -2.39. The van der Waals surface area contributed by atoms with Crippen molar-refractivity contribution in [3.8, 4) is 11.5 Å². The zero-order chi connectivity index (χ0) is 19.2. The lowest BCUT2D eigenvalue weighted by molar-refractivity contribution is 0.171. The van der Waals surface area contributed by atoms with Crippen molar-refractivity contribution in [1.82, 2.24) is 10.2 Å². The van der Waals surface area contributed by atoms with Gasteiger partial charge in [0.15, 0.2) is 17.5 Å². The van der Waals surface area contributed by atoms with Crippen LogP contribution in [-0.2, 0) is 17.3 Å². The Balaban J connectivity index is 0.00000364. The van der Waals surface area contributed by atoms with Gasteiger partial charge in [0.25, 0.3) is 0 Å². The van der Waals surface area contributed by atoms with Crippen molar-refractivity contribution in [3.05, 3.63) is 23.8 Å². The van der Waals surface area contributed by atoms with E-state index < -0.39 is 10.8 Å². The van der Waals surface area contributed by atoms with Crippen molar-refractivity contribution in [3.63, 3.8) is 0 Å². The van der Waals surface area contributed by atoms with Crippen LogP contribution in [0.2, 0.25) is 0 Å². The van der Waals surface area contributed by atoms with E-state index in [-0.39, 0.29) is 28.7 Å². The van der Waals surface area contributed by atoms with E-state index in [0.29, 0.717) is 32.1 Å². The maximum atomic E-state index is 12.2. The van der Waals surface area contributed by atoms with E-state index in [4.69, 9.17) is 9.47 Å². The van der Waals surface area contributed by atoms with Crippen LogP contribution in [0.3, 0.4) is 0 Å². The van der Waals surface area contributed by atoms with Crippen molar-refractivity contribution in [1.29, 1.82) is 0 Å². The minimum absolute atomic E-state index is 0. The molecule has 0 saturated carbocycles. The molecule has 1 unspecified atom stereocenters. The molecule has 1 aromatic rings. The molecule has 1 aliphatic rings. The summed E-state index contributed by atoms with van der Waals surface area (Å²) in [5.41, 5.74) is 1.13. The molecule has 2 rings (SSSR count). The molecule has 1 N–H and O–H groups in total. The number of hydrogen-bond donors (Lipinski definition) is 1. The number of rotatable bonds is 6. The molecule has 0 aliphatic carbocycles. The summed E-state index contributed by atoms with van der Waals surface area (Å²) in [4.78, 5) is 6.70. The second kappa shape index (κ2) is 11.1. The number of halogens is 1. The van der Waals surface area contributed by atoms with E-state index in [9.17, 15) is 4.21 Å². The first kappa shape index (κ1) is 24.0. The van der Waals surface area contributed by atoms with E-state index in [1.165, 1.54) is 0 Å². The summed E-state index contributed by atoms with van der Waals surface area (Å²) >= 11 is 0. The zero-order valence-corrected chi connectivity index (χ0v) is 20.1. The van der Waals surface area contributed by atoms with Gasteiger partial charge in [0.2, 0.25) is 0 Å². The summed E-state index contributed by atoms with van der Waals surface area (Å²) in [6, 6.07) is 6.01. The third kappa shape index (κ3) is 7.48. The highest BCUT2D eigenvalue weighted by Crippen LogP contribution is 2.31. The van der Waals surface area contributed by atoms with Gasteiger partial charge in [-0.15, -0.1) is 24.0 Å². The van der Waals surface area contributed by atoms with Crippen molar-refractivity contribution < 1.29 is 13.7 Å². The van der Waals surface area contributed by atoms with Crippen molar-refractivity contribution in [2.24, 2.45) is 4.99 Å².